The van der Waals surface area contributed by atoms with Gasteiger partial charge in [0.15, 0.2) is 0 Å². The summed E-state index contributed by atoms with van der Waals surface area (Å²) in [5, 5.41) is 9.50. The second kappa shape index (κ2) is 5.87. The normalized spacial score (nSPS) is 12.2. The van der Waals surface area contributed by atoms with Crippen LogP contribution in [0, 0.1) is 0 Å². The van der Waals surface area contributed by atoms with Gasteiger partial charge < -0.3 is 9.84 Å². The molecule has 0 aliphatic carbocycles. The quantitative estimate of drug-likeness (QED) is 0.817. The summed E-state index contributed by atoms with van der Waals surface area (Å²) >= 11 is 6.88. The fourth-order valence-corrected chi connectivity index (χ4v) is 2.35. The predicted octanol–water partition coefficient (Wildman–Crippen LogP) is 5.06. The van der Waals surface area contributed by atoms with E-state index in [9.17, 15) is 5.11 Å². The Hall–Kier alpha value is -0.840. The van der Waals surface area contributed by atoms with Crippen molar-refractivity contribution in [3.05, 3.63) is 57.0 Å². The molecule has 0 aliphatic rings. The molecule has 0 fully saturated rings. The number of benzene rings is 2. The zero-order chi connectivity index (χ0) is 13.1. The van der Waals surface area contributed by atoms with Crippen LogP contribution in [0.5, 0.6) is 11.5 Å². The number of rotatable bonds is 3. The first-order valence-corrected chi connectivity index (χ1v) is 7.06. The second-order valence-corrected chi connectivity index (χ2v) is 5.61. The minimum Gasteiger partial charge on any atom is -0.455 e. The van der Waals surface area contributed by atoms with Crippen LogP contribution in [0.2, 0.25) is 0 Å². The summed E-state index contributed by atoms with van der Waals surface area (Å²) in [7, 11) is 0. The number of halogens is 2. The largest absolute Gasteiger partial charge is 0.455 e. The average molecular weight is 372 g/mol. The summed E-state index contributed by atoms with van der Waals surface area (Å²) in [5.74, 6) is 1.47. The van der Waals surface area contributed by atoms with Gasteiger partial charge in [-0.2, -0.15) is 0 Å². The van der Waals surface area contributed by atoms with E-state index in [1.165, 1.54) is 0 Å². The van der Waals surface area contributed by atoms with E-state index in [-0.39, 0.29) is 0 Å². The summed E-state index contributed by atoms with van der Waals surface area (Å²) < 4.78 is 7.52. The highest BCUT2D eigenvalue weighted by molar-refractivity contribution is 9.11. The Morgan fingerprint density at radius 3 is 2.28 bits per heavy atom. The molecule has 1 N–H and O–H groups in total. The molecule has 0 bridgehead atoms. The van der Waals surface area contributed by atoms with Crippen molar-refractivity contribution in [2.75, 3.05) is 0 Å². The van der Waals surface area contributed by atoms with Crippen molar-refractivity contribution < 1.29 is 9.84 Å². The summed E-state index contributed by atoms with van der Waals surface area (Å²) in [5.41, 5.74) is 0.848. The molecule has 1 unspecified atom stereocenters. The van der Waals surface area contributed by atoms with Gasteiger partial charge in [-0.05, 0) is 68.6 Å². The lowest BCUT2D eigenvalue weighted by Gasteiger charge is -2.11. The number of hydrogen-bond acceptors (Lipinski definition) is 2. The average Bonchev–Trinajstić information content (AvgIpc) is 2.34. The lowest BCUT2D eigenvalue weighted by molar-refractivity contribution is 0.199. The lowest BCUT2D eigenvalue weighted by Crippen LogP contribution is -1.92. The third-order valence-electron chi connectivity index (χ3n) is 2.49. The van der Waals surface area contributed by atoms with Crippen LogP contribution in [0.3, 0.4) is 0 Å². The molecule has 0 aliphatic heterocycles. The van der Waals surface area contributed by atoms with Crippen molar-refractivity contribution in [1.82, 2.24) is 0 Å². The number of aliphatic hydroxyl groups is 1. The molecular weight excluding hydrogens is 360 g/mol. The van der Waals surface area contributed by atoms with Crippen LogP contribution in [0.15, 0.2) is 51.4 Å². The fraction of sp³-hybridized carbons (Fsp3) is 0.143. The maximum Gasteiger partial charge on any atom is 0.141 e. The van der Waals surface area contributed by atoms with Crippen LogP contribution < -0.4 is 4.74 Å². The van der Waals surface area contributed by atoms with Gasteiger partial charge in [0.1, 0.15) is 11.5 Å². The fourth-order valence-electron chi connectivity index (χ4n) is 1.51. The molecule has 0 saturated carbocycles. The Morgan fingerprint density at radius 1 is 1.00 bits per heavy atom. The highest BCUT2D eigenvalue weighted by atomic mass is 79.9. The van der Waals surface area contributed by atoms with E-state index in [0.717, 1.165) is 20.3 Å². The summed E-state index contributed by atoms with van der Waals surface area (Å²) in [6, 6.07) is 13.2. The van der Waals surface area contributed by atoms with Crippen molar-refractivity contribution in [2.24, 2.45) is 0 Å². The molecule has 94 valence electrons. The zero-order valence-corrected chi connectivity index (χ0v) is 12.9. The first-order chi connectivity index (χ1) is 8.58. The monoisotopic (exact) mass is 370 g/mol. The van der Waals surface area contributed by atoms with Crippen molar-refractivity contribution in [1.29, 1.82) is 0 Å². The summed E-state index contributed by atoms with van der Waals surface area (Å²) in [6.45, 7) is 1.73. The Morgan fingerprint density at radius 2 is 1.67 bits per heavy atom. The van der Waals surface area contributed by atoms with Gasteiger partial charge in [0.25, 0.3) is 0 Å². The molecule has 0 amide bonds. The van der Waals surface area contributed by atoms with Gasteiger partial charge in [0, 0.05) is 0 Å². The molecule has 18 heavy (non-hydrogen) atoms. The van der Waals surface area contributed by atoms with Gasteiger partial charge >= 0.3 is 0 Å². The number of aliphatic hydroxyl groups excluding tert-OH is 1. The highest BCUT2D eigenvalue weighted by Gasteiger charge is 2.08. The summed E-state index contributed by atoms with van der Waals surface area (Å²) in [6.07, 6.45) is -0.487. The molecule has 0 heterocycles. The van der Waals surface area contributed by atoms with E-state index < -0.39 is 6.10 Å². The van der Waals surface area contributed by atoms with Gasteiger partial charge in [-0.25, -0.2) is 0 Å². The van der Waals surface area contributed by atoms with Crippen LogP contribution >= 0.6 is 31.9 Å². The molecule has 2 aromatic rings. The van der Waals surface area contributed by atoms with Crippen molar-refractivity contribution in [3.63, 3.8) is 0 Å². The number of para-hydroxylation sites is 1. The molecular formula is C14H12Br2O2. The van der Waals surface area contributed by atoms with Crippen molar-refractivity contribution in [3.8, 4) is 11.5 Å². The van der Waals surface area contributed by atoms with E-state index in [1.54, 1.807) is 6.92 Å². The minimum absolute atomic E-state index is 0.487. The standard InChI is InChI=1S/C14H12Br2O2/c1-9(17)10-6-7-14(12(16)8-10)18-13-5-3-2-4-11(13)15/h2-9,17H,1H3. The Bertz CT molecular complexity index is 553. The third kappa shape index (κ3) is 3.13. The van der Waals surface area contributed by atoms with Crippen LogP contribution in [-0.4, -0.2) is 5.11 Å². The maximum absolute atomic E-state index is 9.50. The first-order valence-electron chi connectivity index (χ1n) is 5.48. The van der Waals surface area contributed by atoms with Crippen LogP contribution in [0.4, 0.5) is 0 Å². The van der Waals surface area contributed by atoms with Crippen LogP contribution in [-0.2, 0) is 0 Å². The molecule has 0 radical (unpaired) electrons. The van der Waals surface area contributed by atoms with E-state index in [4.69, 9.17) is 4.74 Å². The molecule has 4 heteroatoms. The highest BCUT2D eigenvalue weighted by Crippen LogP contribution is 2.34. The molecule has 1 atom stereocenters. The molecule has 0 aromatic heterocycles. The topological polar surface area (TPSA) is 29.5 Å². The van der Waals surface area contributed by atoms with E-state index in [0.29, 0.717) is 5.75 Å². The van der Waals surface area contributed by atoms with Gasteiger partial charge in [-0.3, -0.25) is 0 Å². The third-order valence-corrected chi connectivity index (χ3v) is 3.77. The molecule has 0 spiro atoms. The maximum atomic E-state index is 9.50. The van der Waals surface area contributed by atoms with E-state index in [1.807, 2.05) is 42.5 Å². The smallest absolute Gasteiger partial charge is 0.141 e. The van der Waals surface area contributed by atoms with Crippen LogP contribution in [0.25, 0.3) is 0 Å². The number of ether oxygens (including phenoxy) is 1. The molecule has 2 nitrogen and oxygen atoms in total. The Balaban J connectivity index is 2.28. The molecule has 2 aromatic carbocycles. The van der Waals surface area contributed by atoms with Crippen molar-refractivity contribution in [2.45, 2.75) is 13.0 Å². The first kappa shape index (κ1) is 13.6. The predicted molar refractivity (Wildman–Crippen MR) is 79.0 cm³/mol. The minimum atomic E-state index is -0.487. The van der Waals surface area contributed by atoms with E-state index >= 15 is 0 Å². The van der Waals surface area contributed by atoms with Gasteiger partial charge in [-0.15, -0.1) is 0 Å². The SMILES string of the molecule is CC(O)c1ccc(Oc2ccccc2Br)c(Br)c1. The summed E-state index contributed by atoms with van der Waals surface area (Å²) in [4.78, 5) is 0. The van der Waals surface area contributed by atoms with E-state index in [2.05, 4.69) is 31.9 Å². The molecule has 2 rings (SSSR count). The molecule has 0 saturated heterocycles. The second-order valence-electron chi connectivity index (χ2n) is 3.90. The van der Waals surface area contributed by atoms with Crippen molar-refractivity contribution >= 4 is 31.9 Å². The Labute approximate surface area is 123 Å². The zero-order valence-electron chi connectivity index (χ0n) is 9.73. The van der Waals surface area contributed by atoms with Crippen LogP contribution in [0.1, 0.15) is 18.6 Å². The van der Waals surface area contributed by atoms with Gasteiger partial charge in [0.05, 0.1) is 15.0 Å². The number of hydrogen-bond donors (Lipinski definition) is 1. The Kier molecular flexibility index (Phi) is 4.43. The van der Waals surface area contributed by atoms with Gasteiger partial charge in [0.2, 0.25) is 0 Å². The van der Waals surface area contributed by atoms with Gasteiger partial charge in [-0.1, -0.05) is 18.2 Å². The lowest BCUT2D eigenvalue weighted by atomic mass is 10.1.